The first-order valence-electron chi connectivity index (χ1n) is 14.6. The maximum Gasteiger partial charge on any atom is 0.0634 e. The summed E-state index contributed by atoms with van der Waals surface area (Å²) in [7, 11) is 0. The van der Waals surface area contributed by atoms with E-state index in [4.69, 9.17) is 4.99 Å². The van der Waals surface area contributed by atoms with Crippen LogP contribution in [0, 0.1) is 0 Å². The molecule has 1 unspecified atom stereocenters. The molecule has 6 rings (SSSR count). The Kier molecular flexibility index (Phi) is 7.02. The van der Waals surface area contributed by atoms with E-state index in [1.54, 1.807) is 0 Å². The Labute approximate surface area is 228 Å². The molecular formula is C37H39N. The van der Waals surface area contributed by atoms with Crippen molar-refractivity contribution in [2.45, 2.75) is 76.5 Å². The number of allylic oxidation sites excluding steroid dienone is 3. The molecule has 2 aliphatic carbocycles. The monoisotopic (exact) mass is 497 g/mol. The quantitative estimate of drug-likeness (QED) is 0.275. The summed E-state index contributed by atoms with van der Waals surface area (Å²) < 4.78 is 0. The second-order valence-electron chi connectivity index (χ2n) is 11.3. The fraction of sp³-hybridized carbons (Fsp3) is 0.324. The number of rotatable bonds is 8. The lowest BCUT2D eigenvalue weighted by atomic mass is 9.57. The summed E-state index contributed by atoms with van der Waals surface area (Å²) in [6.45, 7) is 6.37. The summed E-state index contributed by atoms with van der Waals surface area (Å²) >= 11 is 0. The Morgan fingerprint density at radius 2 is 1.68 bits per heavy atom. The van der Waals surface area contributed by atoms with Gasteiger partial charge in [-0.25, -0.2) is 0 Å². The molecule has 1 atom stereocenters. The van der Waals surface area contributed by atoms with Crippen LogP contribution in [-0.4, -0.2) is 5.71 Å². The van der Waals surface area contributed by atoms with Gasteiger partial charge in [0.2, 0.25) is 0 Å². The lowest BCUT2D eigenvalue weighted by Gasteiger charge is -2.46. The van der Waals surface area contributed by atoms with Gasteiger partial charge in [-0.15, -0.1) is 0 Å². The zero-order chi connectivity index (χ0) is 26.0. The SMILES string of the molecule is C=Cc1ccc2c(c1)Cc1cc(CCCCCCC)ccc1C21CC(c2ccccc2)=NC2=C1CCC=C2. The minimum absolute atomic E-state index is 0.171. The Hall–Kier alpha value is -3.45. The Bertz CT molecular complexity index is 1430. The molecule has 0 fully saturated rings. The highest BCUT2D eigenvalue weighted by Gasteiger charge is 2.47. The molecule has 3 aliphatic rings. The summed E-state index contributed by atoms with van der Waals surface area (Å²) in [5.74, 6) is 0. The number of hydrogen-bond donors (Lipinski definition) is 0. The van der Waals surface area contributed by atoms with E-state index in [0.717, 1.165) is 25.7 Å². The van der Waals surface area contributed by atoms with Gasteiger partial charge in [-0.05, 0) is 82.7 Å². The van der Waals surface area contributed by atoms with E-state index >= 15 is 0 Å². The van der Waals surface area contributed by atoms with E-state index in [2.05, 4.69) is 92.4 Å². The standard InChI is InChI=1S/C37H39N/c1-3-5-6-7-9-14-28-20-22-33-31(24-28)25-30-23-27(4-2)19-21-32(30)37(33)26-36(29-15-10-8-11-16-29)38-35-18-13-12-17-34(35)37/h4,8,10-11,13,15-16,18-24H,2-3,5-7,9,12,14,17,25-26H2,1H3. The molecule has 1 heterocycles. The van der Waals surface area contributed by atoms with Crippen LogP contribution < -0.4 is 0 Å². The molecule has 3 aromatic rings. The third-order valence-corrected chi connectivity index (χ3v) is 8.86. The molecule has 0 saturated carbocycles. The number of fused-ring (bicyclic) bond motifs is 5. The van der Waals surface area contributed by atoms with Crippen LogP contribution in [0.25, 0.3) is 6.08 Å². The predicted molar refractivity (Wildman–Crippen MR) is 162 cm³/mol. The molecule has 0 bridgehead atoms. The van der Waals surface area contributed by atoms with Gasteiger partial charge >= 0.3 is 0 Å². The van der Waals surface area contributed by atoms with Gasteiger partial charge < -0.3 is 0 Å². The first-order chi connectivity index (χ1) is 18.7. The summed E-state index contributed by atoms with van der Waals surface area (Å²) in [4.78, 5) is 5.28. The topological polar surface area (TPSA) is 12.4 Å². The van der Waals surface area contributed by atoms with Crippen molar-refractivity contribution in [2.75, 3.05) is 0 Å². The summed E-state index contributed by atoms with van der Waals surface area (Å²) in [6, 6.07) is 25.3. The molecular weight excluding hydrogens is 458 g/mol. The van der Waals surface area contributed by atoms with E-state index in [1.807, 2.05) is 6.08 Å². The maximum atomic E-state index is 5.28. The summed E-state index contributed by atoms with van der Waals surface area (Å²) in [5.41, 5.74) is 13.5. The number of unbranched alkanes of at least 4 members (excludes halogenated alkanes) is 4. The Morgan fingerprint density at radius 3 is 2.50 bits per heavy atom. The molecule has 192 valence electrons. The predicted octanol–water partition coefficient (Wildman–Crippen LogP) is 9.53. The van der Waals surface area contributed by atoms with E-state index in [-0.39, 0.29) is 5.41 Å². The smallest absolute Gasteiger partial charge is 0.0634 e. The molecule has 1 heteroatoms. The normalized spacial score (nSPS) is 19.6. The van der Waals surface area contributed by atoms with Gasteiger partial charge in [0.25, 0.3) is 0 Å². The second-order valence-corrected chi connectivity index (χ2v) is 11.3. The minimum Gasteiger partial charge on any atom is -0.253 e. The lowest BCUT2D eigenvalue weighted by molar-refractivity contribution is 0.557. The first kappa shape index (κ1) is 24.9. The first-order valence-corrected chi connectivity index (χ1v) is 14.6. The molecule has 0 N–H and O–H groups in total. The number of hydrogen-bond acceptors (Lipinski definition) is 1. The third kappa shape index (κ3) is 4.43. The molecule has 0 aromatic heterocycles. The average molecular weight is 498 g/mol. The molecule has 1 spiro atoms. The molecule has 0 saturated heterocycles. The number of aliphatic imine (C=N–C) groups is 1. The highest BCUT2D eigenvalue weighted by molar-refractivity contribution is 6.04. The van der Waals surface area contributed by atoms with Crippen molar-refractivity contribution in [3.63, 3.8) is 0 Å². The number of aryl methyl sites for hydroxylation is 1. The van der Waals surface area contributed by atoms with Crippen molar-refractivity contribution in [1.29, 1.82) is 0 Å². The van der Waals surface area contributed by atoms with Gasteiger partial charge in [-0.3, -0.25) is 4.99 Å². The fourth-order valence-corrected chi connectivity index (χ4v) is 6.99. The number of benzene rings is 3. The second kappa shape index (κ2) is 10.7. The Morgan fingerprint density at radius 1 is 0.895 bits per heavy atom. The van der Waals surface area contributed by atoms with Gasteiger partial charge in [-0.1, -0.05) is 118 Å². The van der Waals surface area contributed by atoms with Crippen LogP contribution in [0.15, 0.2) is 102 Å². The van der Waals surface area contributed by atoms with Gasteiger partial charge in [0.1, 0.15) is 0 Å². The van der Waals surface area contributed by atoms with Crippen LogP contribution in [0.5, 0.6) is 0 Å². The van der Waals surface area contributed by atoms with Crippen molar-refractivity contribution in [2.24, 2.45) is 4.99 Å². The molecule has 1 aliphatic heterocycles. The molecule has 38 heavy (non-hydrogen) atoms. The molecule has 0 radical (unpaired) electrons. The maximum absolute atomic E-state index is 5.28. The van der Waals surface area contributed by atoms with E-state index < -0.39 is 0 Å². The van der Waals surface area contributed by atoms with Gasteiger partial charge in [-0.2, -0.15) is 0 Å². The van der Waals surface area contributed by atoms with Crippen molar-refractivity contribution in [3.05, 3.63) is 136 Å². The third-order valence-electron chi connectivity index (χ3n) is 8.86. The van der Waals surface area contributed by atoms with Crippen molar-refractivity contribution in [3.8, 4) is 0 Å². The van der Waals surface area contributed by atoms with Crippen LogP contribution in [0.4, 0.5) is 0 Å². The van der Waals surface area contributed by atoms with Crippen LogP contribution in [-0.2, 0) is 18.3 Å². The fourth-order valence-electron chi connectivity index (χ4n) is 6.99. The Balaban J connectivity index is 1.49. The average Bonchev–Trinajstić information content (AvgIpc) is 2.97. The van der Waals surface area contributed by atoms with Gasteiger partial charge in [0.05, 0.1) is 5.70 Å². The zero-order valence-corrected chi connectivity index (χ0v) is 22.8. The van der Waals surface area contributed by atoms with E-state index in [1.165, 1.54) is 94.5 Å². The zero-order valence-electron chi connectivity index (χ0n) is 22.8. The van der Waals surface area contributed by atoms with Crippen LogP contribution in [0.2, 0.25) is 0 Å². The summed E-state index contributed by atoms with van der Waals surface area (Å²) in [5, 5.41) is 0. The van der Waals surface area contributed by atoms with Crippen LogP contribution in [0.3, 0.4) is 0 Å². The lowest BCUT2D eigenvalue weighted by Crippen LogP contribution is -2.41. The molecule has 3 aromatic carbocycles. The van der Waals surface area contributed by atoms with Crippen LogP contribution >= 0.6 is 0 Å². The van der Waals surface area contributed by atoms with E-state index in [9.17, 15) is 0 Å². The number of nitrogens with zero attached hydrogens (tertiary/aromatic N) is 1. The highest BCUT2D eigenvalue weighted by Crippen LogP contribution is 2.54. The van der Waals surface area contributed by atoms with E-state index in [0.29, 0.717) is 0 Å². The van der Waals surface area contributed by atoms with Crippen molar-refractivity contribution < 1.29 is 0 Å². The van der Waals surface area contributed by atoms with Gasteiger partial charge in [0, 0.05) is 17.5 Å². The van der Waals surface area contributed by atoms with Crippen LogP contribution in [0.1, 0.15) is 97.2 Å². The summed E-state index contributed by atoms with van der Waals surface area (Å²) in [6.07, 6.45) is 18.4. The van der Waals surface area contributed by atoms with Gasteiger partial charge in [0.15, 0.2) is 0 Å². The minimum atomic E-state index is -0.171. The van der Waals surface area contributed by atoms with Crippen molar-refractivity contribution >= 4 is 11.8 Å². The molecule has 0 amide bonds. The largest absolute Gasteiger partial charge is 0.253 e. The molecule has 1 nitrogen and oxygen atoms in total. The highest BCUT2D eigenvalue weighted by atomic mass is 14.8. The van der Waals surface area contributed by atoms with Crippen molar-refractivity contribution in [1.82, 2.24) is 0 Å².